The van der Waals surface area contributed by atoms with Crippen molar-refractivity contribution in [3.05, 3.63) is 41.6 Å². The van der Waals surface area contributed by atoms with Gasteiger partial charge in [0.15, 0.2) is 0 Å². The molecule has 2 aliphatic heterocycles. The van der Waals surface area contributed by atoms with E-state index in [1.807, 2.05) is 0 Å². The smallest absolute Gasteiger partial charge is 0.266 e. The van der Waals surface area contributed by atoms with Crippen LogP contribution in [0.5, 0.6) is 0 Å². The van der Waals surface area contributed by atoms with Crippen LogP contribution in [0.1, 0.15) is 5.56 Å². The summed E-state index contributed by atoms with van der Waals surface area (Å²) in [4.78, 5) is 18.7. The van der Waals surface area contributed by atoms with Crippen molar-refractivity contribution in [3.8, 4) is 6.07 Å². The van der Waals surface area contributed by atoms with Crippen molar-refractivity contribution in [1.29, 1.82) is 5.26 Å². The van der Waals surface area contributed by atoms with Gasteiger partial charge in [-0.3, -0.25) is 4.79 Å². The van der Waals surface area contributed by atoms with Gasteiger partial charge in [-0.15, -0.1) is 0 Å². The molecule has 1 aromatic carbocycles. The molecule has 6 heteroatoms. The van der Waals surface area contributed by atoms with Crippen LogP contribution < -0.4 is 10.2 Å². The topological polar surface area (TPSA) is 62.6 Å². The van der Waals surface area contributed by atoms with Gasteiger partial charge in [-0.1, -0.05) is 12.1 Å². The third kappa shape index (κ3) is 4.31. The summed E-state index contributed by atoms with van der Waals surface area (Å²) in [6, 6.07) is 10.6. The Morgan fingerprint density at radius 2 is 1.88 bits per heavy atom. The summed E-state index contributed by atoms with van der Waals surface area (Å²) in [5.41, 5.74) is 2.74. The number of nitriles is 1. The highest BCUT2D eigenvalue weighted by Gasteiger charge is 2.22. The second-order valence-corrected chi connectivity index (χ2v) is 6.56. The fraction of sp³-hybridized carbons (Fsp3) is 0.474. The Morgan fingerprint density at radius 3 is 2.52 bits per heavy atom. The van der Waals surface area contributed by atoms with Crippen molar-refractivity contribution in [1.82, 2.24) is 15.1 Å². The molecule has 1 N–H and O–H groups in total. The first-order valence-electron chi connectivity index (χ1n) is 8.85. The highest BCUT2D eigenvalue weighted by Crippen LogP contribution is 2.18. The molecule has 0 aromatic heterocycles. The minimum atomic E-state index is -0.148. The van der Waals surface area contributed by atoms with Crippen LogP contribution in [0.4, 0.5) is 5.69 Å². The molecule has 2 saturated heterocycles. The third-order valence-corrected chi connectivity index (χ3v) is 4.75. The van der Waals surface area contributed by atoms with Crippen LogP contribution >= 0.6 is 0 Å². The fourth-order valence-corrected chi connectivity index (χ4v) is 3.29. The highest BCUT2D eigenvalue weighted by molar-refractivity contribution is 5.97. The predicted molar refractivity (Wildman–Crippen MR) is 98.1 cm³/mol. The second-order valence-electron chi connectivity index (χ2n) is 6.56. The molecule has 1 amide bonds. The SMILES string of the molecule is Cc1cccc(N2CCN(/C=C(/C#N)C(=O)N3CCNCC3)CC2)c1. The molecule has 0 saturated carbocycles. The lowest BCUT2D eigenvalue weighted by molar-refractivity contribution is -0.127. The Hall–Kier alpha value is -2.52. The van der Waals surface area contributed by atoms with Crippen molar-refractivity contribution in [2.24, 2.45) is 0 Å². The van der Waals surface area contributed by atoms with Crippen LogP contribution in [0.2, 0.25) is 0 Å². The number of nitrogens with one attached hydrogen (secondary N) is 1. The summed E-state index contributed by atoms with van der Waals surface area (Å²) in [6.07, 6.45) is 1.75. The van der Waals surface area contributed by atoms with Crippen molar-refractivity contribution in [2.45, 2.75) is 6.92 Å². The Morgan fingerprint density at radius 1 is 1.16 bits per heavy atom. The normalized spacial score (nSPS) is 18.9. The lowest BCUT2D eigenvalue weighted by Gasteiger charge is -2.36. The highest BCUT2D eigenvalue weighted by atomic mass is 16.2. The minimum absolute atomic E-state index is 0.148. The number of piperazine rings is 2. The zero-order chi connectivity index (χ0) is 17.6. The van der Waals surface area contributed by atoms with E-state index >= 15 is 0 Å². The number of rotatable bonds is 3. The van der Waals surface area contributed by atoms with Gasteiger partial charge in [-0.25, -0.2) is 0 Å². The van der Waals surface area contributed by atoms with E-state index < -0.39 is 0 Å². The van der Waals surface area contributed by atoms with Crippen molar-refractivity contribution in [2.75, 3.05) is 57.3 Å². The summed E-state index contributed by atoms with van der Waals surface area (Å²) >= 11 is 0. The summed E-state index contributed by atoms with van der Waals surface area (Å²) in [7, 11) is 0. The molecule has 132 valence electrons. The molecule has 3 rings (SSSR count). The Kier molecular flexibility index (Phi) is 5.56. The number of hydrogen-bond donors (Lipinski definition) is 1. The van der Waals surface area contributed by atoms with Crippen molar-refractivity contribution >= 4 is 11.6 Å². The van der Waals surface area contributed by atoms with Crippen LogP contribution in [-0.2, 0) is 4.79 Å². The van der Waals surface area contributed by atoms with E-state index in [2.05, 4.69) is 52.4 Å². The molecule has 0 atom stereocenters. The molecule has 0 aliphatic carbocycles. The van der Waals surface area contributed by atoms with Crippen LogP contribution in [0.15, 0.2) is 36.0 Å². The molecule has 25 heavy (non-hydrogen) atoms. The van der Waals surface area contributed by atoms with E-state index in [0.29, 0.717) is 13.1 Å². The molecule has 6 nitrogen and oxygen atoms in total. The predicted octanol–water partition coefficient (Wildman–Crippen LogP) is 0.956. The molecule has 0 radical (unpaired) electrons. The zero-order valence-electron chi connectivity index (χ0n) is 14.7. The zero-order valence-corrected chi connectivity index (χ0v) is 14.7. The van der Waals surface area contributed by atoms with Gasteiger partial charge in [0.2, 0.25) is 0 Å². The van der Waals surface area contributed by atoms with E-state index in [1.54, 1.807) is 11.1 Å². The minimum Gasteiger partial charge on any atom is -0.373 e. The molecule has 2 aliphatic rings. The first-order chi connectivity index (χ1) is 12.2. The number of hydrogen-bond acceptors (Lipinski definition) is 5. The number of amides is 1. The van der Waals surface area contributed by atoms with Gasteiger partial charge in [0, 0.05) is 64.2 Å². The maximum atomic E-state index is 12.5. The van der Waals surface area contributed by atoms with Gasteiger partial charge in [0.05, 0.1) is 0 Å². The first kappa shape index (κ1) is 17.3. The van der Waals surface area contributed by atoms with Crippen LogP contribution in [0.3, 0.4) is 0 Å². The van der Waals surface area contributed by atoms with Gasteiger partial charge < -0.3 is 20.0 Å². The quantitative estimate of drug-likeness (QED) is 0.656. The monoisotopic (exact) mass is 339 g/mol. The maximum Gasteiger partial charge on any atom is 0.266 e. The third-order valence-electron chi connectivity index (χ3n) is 4.75. The van der Waals surface area contributed by atoms with Crippen LogP contribution in [-0.4, -0.2) is 68.1 Å². The Labute approximate surface area is 149 Å². The van der Waals surface area contributed by atoms with E-state index in [0.717, 1.165) is 39.3 Å². The summed E-state index contributed by atoms with van der Waals surface area (Å²) in [5.74, 6) is -0.148. The van der Waals surface area contributed by atoms with Gasteiger partial charge >= 0.3 is 0 Å². The van der Waals surface area contributed by atoms with Gasteiger partial charge in [0.25, 0.3) is 5.91 Å². The number of aryl methyl sites for hydroxylation is 1. The standard InChI is InChI=1S/C19H25N5O/c1-16-3-2-4-18(13-16)23-11-9-22(10-12-23)15-17(14-20)19(25)24-7-5-21-6-8-24/h2-4,13,15,21H,5-12H2,1H3/b17-15-. The maximum absolute atomic E-state index is 12.5. The van der Waals surface area contributed by atoms with E-state index in [-0.39, 0.29) is 11.5 Å². The molecule has 0 spiro atoms. The van der Waals surface area contributed by atoms with Crippen molar-refractivity contribution in [3.63, 3.8) is 0 Å². The molecule has 2 heterocycles. The molecule has 2 fully saturated rings. The van der Waals surface area contributed by atoms with Gasteiger partial charge in [-0.2, -0.15) is 5.26 Å². The largest absolute Gasteiger partial charge is 0.373 e. The lowest BCUT2D eigenvalue weighted by Crippen LogP contribution is -2.47. The van der Waals surface area contributed by atoms with Gasteiger partial charge in [-0.05, 0) is 24.6 Å². The number of carbonyl (C=O) groups excluding carboxylic acids is 1. The van der Waals surface area contributed by atoms with Crippen molar-refractivity contribution < 1.29 is 4.79 Å². The molecule has 0 unspecified atom stereocenters. The number of anilines is 1. The summed E-state index contributed by atoms with van der Waals surface area (Å²) < 4.78 is 0. The number of benzene rings is 1. The average Bonchev–Trinajstić information content (AvgIpc) is 2.67. The summed E-state index contributed by atoms with van der Waals surface area (Å²) in [5, 5.41) is 12.6. The average molecular weight is 339 g/mol. The van der Waals surface area contributed by atoms with E-state index in [1.165, 1.54) is 11.3 Å². The van der Waals surface area contributed by atoms with E-state index in [9.17, 15) is 10.1 Å². The second kappa shape index (κ2) is 8.04. The van der Waals surface area contributed by atoms with Gasteiger partial charge in [0.1, 0.15) is 11.6 Å². The first-order valence-corrected chi connectivity index (χ1v) is 8.85. The fourth-order valence-electron chi connectivity index (χ4n) is 3.29. The summed E-state index contributed by atoms with van der Waals surface area (Å²) in [6.45, 7) is 8.42. The van der Waals surface area contributed by atoms with Crippen LogP contribution in [0.25, 0.3) is 0 Å². The number of nitrogens with zero attached hydrogens (tertiary/aromatic N) is 4. The molecule has 1 aromatic rings. The molecular formula is C19H25N5O. The molecule has 0 bridgehead atoms. The lowest BCUT2D eigenvalue weighted by atomic mass is 10.2. The number of carbonyl (C=O) groups is 1. The Balaban J connectivity index is 1.60. The Bertz CT molecular complexity index is 679. The molecular weight excluding hydrogens is 314 g/mol. The van der Waals surface area contributed by atoms with E-state index in [4.69, 9.17) is 0 Å². The van der Waals surface area contributed by atoms with Crippen LogP contribution in [0, 0.1) is 18.3 Å².